The Kier molecular flexibility index (Phi) is 8.29. The molecule has 2 saturated heterocycles. The molecule has 1 unspecified atom stereocenters. The van der Waals surface area contributed by atoms with Gasteiger partial charge >= 0.3 is 6.18 Å². The van der Waals surface area contributed by atoms with Crippen LogP contribution in [0.25, 0.3) is 11.1 Å². The van der Waals surface area contributed by atoms with Crippen molar-refractivity contribution in [1.82, 2.24) is 9.80 Å². The smallest absolute Gasteiger partial charge is 0.339 e. The lowest BCUT2D eigenvalue weighted by Crippen LogP contribution is -2.42. The standard InChI is InChI=1S/C30H31Cl2F3N2O2/c31-26-17-22(18-27(32)25(26)16-21-10-15-37(29(21)39)24-4-2-1-3-5-24)19-6-8-20(9-7-19)28(38)36-13-11-23(12-14-36)30(33,34)35/h1-2,6-9,17-18,21,23-24H,3-5,10-16H2/t21-,24?/m0/s1. The molecule has 2 atom stereocenters. The van der Waals surface area contributed by atoms with Crippen molar-refractivity contribution in [1.29, 1.82) is 0 Å². The summed E-state index contributed by atoms with van der Waals surface area (Å²) in [5.41, 5.74) is 2.79. The lowest BCUT2D eigenvalue weighted by Gasteiger charge is -2.33. The molecule has 2 amide bonds. The normalized spacial score (nSPS) is 22.5. The van der Waals surface area contributed by atoms with E-state index in [1.54, 1.807) is 24.3 Å². The Balaban J connectivity index is 1.23. The molecule has 5 rings (SSSR count). The van der Waals surface area contributed by atoms with Crippen molar-refractivity contribution in [3.63, 3.8) is 0 Å². The first-order valence-electron chi connectivity index (χ1n) is 13.5. The number of carbonyl (C=O) groups is 2. The highest BCUT2D eigenvalue weighted by Crippen LogP contribution is 2.37. The number of hydrogen-bond acceptors (Lipinski definition) is 2. The van der Waals surface area contributed by atoms with Crippen molar-refractivity contribution < 1.29 is 22.8 Å². The molecule has 1 aliphatic carbocycles. The van der Waals surface area contributed by atoms with Crippen LogP contribution in [0.1, 0.15) is 54.4 Å². The second-order valence-electron chi connectivity index (χ2n) is 10.8. The third kappa shape index (κ3) is 6.14. The van der Waals surface area contributed by atoms with Gasteiger partial charge in [-0.1, -0.05) is 47.5 Å². The van der Waals surface area contributed by atoms with Gasteiger partial charge in [-0.2, -0.15) is 13.2 Å². The van der Waals surface area contributed by atoms with Gasteiger partial charge in [0.15, 0.2) is 0 Å². The molecule has 0 radical (unpaired) electrons. The van der Waals surface area contributed by atoms with E-state index in [0.717, 1.165) is 48.9 Å². The van der Waals surface area contributed by atoms with Gasteiger partial charge in [-0.3, -0.25) is 9.59 Å². The van der Waals surface area contributed by atoms with Crippen LogP contribution in [0.3, 0.4) is 0 Å². The molecule has 2 fully saturated rings. The van der Waals surface area contributed by atoms with Crippen LogP contribution in [-0.4, -0.2) is 53.5 Å². The van der Waals surface area contributed by atoms with E-state index in [1.807, 2.05) is 17.0 Å². The minimum atomic E-state index is -4.21. The number of nitrogens with zero attached hydrogens (tertiary/aromatic N) is 2. The number of piperidine rings is 1. The zero-order chi connectivity index (χ0) is 27.7. The van der Waals surface area contributed by atoms with Gasteiger partial charge in [-0.15, -0.1) is 0 Å². The molecular formula is C30H31Cl2F3N2O2. The molecule has 2 aromatic rings. The van der Waals surface area contributed by atoms with E-state index in [9.17, 15) is 22.8 Å². The number of amides is 2. The molecule has 0 N–H and O–H groups in total. The molecule has 2 aliphatic heterocycles. The van der Waals surface area contributed by atoms with Crippen LogP contribution < -0.4 is 0 Å². The van der Waals surface area contributed by atoms with Crippen molar-refractivity contribution in [2.24, 2.45) is 11.8 Å². The summed E-state index contributed by atoms with van der Waals surface area (Å²) in [4.78, 5) is 29.5. The van der Waals surface area contributed by atoms with Crippen LogP contribution in [-0.2, 0) is 11.2 Å². The zero-order valence-electron chi connectivity index (χ0n) is 21.5. The first kappa shape index (κ1) is 28.0. The van der Waals surface area contributed by atoms with Gasteiger partial charge in [0, 0.05) is 47.2 Å². The molecule has 0 bridgehead atoms. The van der Waals surface area contributed by atoms with Crippen LogP contribution in [0.4, 0.5) is 13.2 Å². The second-order valence-corrected chi connectivity index (χ2v) is 11.6. The summed E-state index contributed by atoms with van der Waals surface area (Å²) >= 11 is 13.3. The van der Waals surface area contributed by atoms with Gasteiger partial charge < -0.3 is 9.80 Å². The van der Waals surface area contributed by atoms with Gasteiger partial charge in [0.05, 0.1) is 5.92 Å². The predicted molar refractivity (Wildman–Crippen MR) is 147 cm³/mol. The summed E-state index contributed by atoms with van der Waals surface area (Å²) in [6.07, 6.45) is 4.18. The average Bonchev–Trinajstić information content (AvgIpc) is 3.30. The number of halogens is 5. The minimum Gasteiger partial charge on any atom is -0.339 e. The highest BCUT2D eigenvalue weighted by Gasteiger charge is 2.42. The minimum absolute atomic E-state index is 0.0704. The first-order chi connectivity index (χ1) is 18.6. The number of allylic oxidation sites excluding steroid dienone is 1. The summed E-state index contributed by atoms with van der Waals surface area (Å²) in [6.45, 7) is 0.952. The second kappa shape index (κ2) is 11.5. The van der Waals surface area contributed by atoms with E-state index in [1.165, 1.54) is 4.90 Å². The molecule has 4 nitrogen and oxygen atoms in total. The van der Waals surface area contributed by atoms with E-state index < -0.39 is 12.1 Å². The maximum absolute atomic E-state index is 13.1. The van der Waals surface area contributed by atoms with Gasteiger partial charge in [-0.05, 0) is 85.9 Å². The Hall–Kier alpha value is -2.51. The topological polar surface area (TPSA) is 40.6 Å². The summed E-state index contributed by atoms with van der Waals surface area (Å²) in [7, 11) is 0. The summed E-state index contributed by atoms with van der Waals surface area (Å²) in [6, 6.07) is 10.9. The third-order valence-corrected chi connectivity index (χ3v) is 9.01. The molecule has 2 heterocycles. The summed E-state index contributed by atoms with van der Waals surface area (Å²) < 4.78 is 38.8. The van der Waals surface area contributed by atoms with E-state index in [2.05, 4.69) is 12.2 Å². The van der Waals surface area contributed by atoms with Crippen molar-refractivity contribution in [2.45, 2.75) is 57.2 Å². The Morgan fingerprint density at radius 2 is 1.56 bits per heavy atom. The monoisotopic (exact) mass is 578 g/mol. The number of benzene rings is 2. The number of hydrogen-bond donors (Lipinski definition) is 0. The molecule has 0 aromatic heterocycles. The van der Waals surface area contributed by atoms with Crippen molar-refractivity contribution in [3.05, 3.63) is 69.7 Å². The highest BCUT2D eigenvalue weighted by atomic mass is 35.5. The van der Waals surface area contributed by atoms with Gasteiger partial charge in [0.25, 0.3) is 5.91 Å². The van der Waals surface area contributed by atoms with E-state index >= 15 is 0 Å². The maximum Gasteiger partial charge on any atom is 0.391 e. The molecular weight excluding hydrogens is 548 g/mol. The molecule has 0 saturated carbocycles. The Bertz CT molecular complexity index is 1230. The van der Waals surface area contributed by atoms with E-state index in [-0.39, 0.29) is 49.7 Å². The first-order valence-corrected chi connectivity index (χ1v) is 14.3. The third-order valence-electron chi connectivity index (χ3n) is 8.33. The van der Waals surface area contributed by atoms with Crippen LogP contribution in [0.5, 0.6) is 0 Å². The fraction of sp³-hybridized carbons (Fsp3) is 0.467. The van der Waals surface area contributed by atoms with Crippen molar-refractivity contribution in [3.8, 4) is 11.1 Å². The Labute approximate surface area is 236 Å². The summed E-state index contributed by atoms with van der Waals surface area (Å²) in [5.74, 6) is -1.58. The fourth-order valence-electron chi connectivity index (χ4n) is 5.98. The molecule has 2 aromatic carbocycles. The maximum atomic E-state index is 13.1. The van der Waals surface area contributed by atoms with Crippen LogP contribution in [0.2, 0.25) is 10.0 Å². The largest absolute Gasteiger partial charge is 0.391 e. The number of carbonyl (C=O) groups excluding carboxylic acids is 2. The van der Waals surface area contributed by atoms with Crippen molar-refractivity contribution >= 4 is 35.0 Å². The van der Waals surface area contributed by atoms with Gasteiger partial charge in [0.1, 0.15) is 0 Å². The lowest BCUT2D eigenvalue weighted by atomic mass is 9.94. The van der Waals surface area contributed by atoms with E-state index in [0.29, 0.717) is 22.0 Å². The zero-order valence-corrected chi connectivity index (χ0v) is 23.0. The fourth-order valence-corrected chi connectivity index (χ4v) is 6.63. The van der Waals surface area contributed by atoms with Crippen LogP contribution in [0, 0.1) is 11.8 Å². The molecule has 39 heavy (non-hydrogen) atoms. The quantitative estimate of drug-likeness (QED) is 0.343. The number of rotatable bonds is 5. The SMILES string of the molecule is O=C(c1ccc(-c2cc(Cl)c(C[C@@H]3CCN(C4CC=CCC4)C3=O)c(Cl)c2)cc1)N1CCC(C(F)(F)F)CC1. The lowest BCUT2D eigenvalue weighted by molar-refractivity contribution is -0.183. The molecule has 9 heteroatoms. The van der Waals surface area contributed by atoms with Crippen molar-refractivity contribution in [2.75, 3.05) is 19.6 Å². The van der Waals surface area contributed by atoms with Gasteiger partial charge in [-0.25, -0.2) is 0 Å². The number of alkyl halides is 3. The van der Waals surface area contributed by atoms with Gasteiger partial charge in [0.2, 0.25) is 5.91 Å². The van der Waals surface area contributed by atoms with Crippen LogP contribution in [0.15, 0.2) is 48.6 Å². The Morgan fingerprint density at radius 3 is 2.15 bits per heavy atom. The Morgan fingerprint density at radius 1 is 0.897 bits per heavy atom. The molecule has 0 spiro atoms. The summed E-state index contributed by atoms with van der Waals surface area (Å²) in [5, 5.41) is 0.995. The molecule has 208 valence electrons. The average molecular weight is 579 g/mol. The molecule has 3 aliphatic rings. The predicted octanol–water partition coefficient (Wildman–Crippen LogP) is 7.57. The highest BCUT2D eigenvalue weighted by molar-refractivity contribution is 6.36. The number of likely N-dealkylation sites (tertiary alicyclic amines) is 2. The van der Waals surface area contributed by atoms with E-state index in [4.69, 9.17) is 23.2 Å². The van der Waals surface area contributed by atoms with Crippen LogP contribution >= 0.6 is 23.2 Å².